The summed E-state index contributed by atoms with van der Waals surface area (Å²) in [5.74, 6) is 1.04. The van der Waals surface area contributed by atoms with Crippen LogP contribution in [0.5, 0.6) is 0 Å². The topological polar surface area (TPSA) is 33.2 Å². The lowest BCUT2D eigenvalue weighted by Gasteiger charge is -2.14. The summed E-state index contributed by atoms with van der Waals surface area (Å²) >= 11 is 0. The fourth-order valence-corrected chi connectivity index (χ4v) is 1.24. The number of ketones is 1. The van der Waals surface area contributed by atoms with Crippen molar-refractivity contribution in [2.24, 2.45) is 0 Å². The highest BCUT2D eigenvalue weighted by molar-refractivity contribution is 5.79. The van der Waals surface area contributed by atoms with E-state index in [9.17, 15) is 4.79 Å². The predicted octanol–water partition coefficient (Wildman–Crippen LogP) is 1.28. The van der Waals surface area contributed by atoms with Crippen molar-refractivity contribution in [3.8, 4) is 0 Å². The molecule has 1 aromatic rings. The second-order valence-electron chi connectivity index (χ2n) is 3.26. The SMILES string of the molecule is CC(=O)Cc1cccnc1N(C)C. The molecule has 70 valence electrons. The average molecular weight is 178 g/mol. The number of hydrogen-bond donors (Lipinski definition) is 0. The van der Waals surface area contributed by atoms with Gasteiger partial charge in [0.2, 0.25) is 0 Å². The van der Waals surface area contributed by atoms with Crippen LogP contribution in [-0.4, -0.2) is 24.9 Å². The maximum absolute atomic E-state index is 10.9. The zero-order valence-electron chi connectivity index (χ0n) is 8.24. The van der Waals surface area contributed by atoms with Gasteiger partial charge in [-0.25, -0.2) is 4.98 Å². The molecule has 0 saturated carbocycles. The lowest BCUT2D eigenvalue weighted by molar-refractivity contribution is -0.116. The van der Waals surface area contributed by atoms with Gasteiger partial charge in [-0.05, 0) is 13.0 Å². The van der Waals surface area contributed by atoms with Gasteiger partial charge >= 0.3 is 0 Å². The standard InChI is InChI=1S/C10H14N2O/c1-8(13)7-9-5-4-6-11-10(9)12(2)3/h4-6H,7H2,1-3H3. The van der Waals surface area contributed by atoms with E-state index in [1.807, 2.05) is 31.1 Å². The van der Waals surface area contributed by atoms with Gasteiger partial charge in [-0.3, -0.25) is 4.79 Å². The van der Waals surface area contributed by atoms with Crippen LogP contribution in [-0.2, 0) is 11.2 Å². The highest BCUT2D eigenvalue weighted by atomic mass is 16.1. The molecular weight excluding hydrogens is 164 g/mol. The Kier molecular flexibility index (Phi) is 3.01. The fourth-order valence-electron chi connectivity index (χ4n) is 1.24. The number of pyridine rings is 1. The van der Waals surface area contributed by atoms with Crippen LogP contribution in [0.25, 0.3) is 0 Å². The van der Waals surface area contributed by atoms with Crippen LogP contribution in [0.2, 0.25) is 0 Å². The highest BCUT2D eigenvalue weighted by Crippen LogP contribution is 2.14. The molecule has 0 unspecified atom stereocenters. The zero-order chi connectivity index (χ0) is 9.84. The molecule has 0 radical (unpaired) electrons. The molecule has 3 nitrogen and oxygen atoms in total. The number of rotatable bonds is 3. The van der Waals surface area contributed by atoms with Crippen LogP contribution in [0.15, 0.2) is 18.3 Å². The minimum atomic E-state index is 0.163. The first-order chi connectivity index (χ1) is 6.11. The van der Waals surface area contributed by atoms with Gasteiger partial charge in [-0.1, -0.05) is 6.07 Å². The molecule has 0 amide bonds. The summed E-state index contributed by atoms with van der Waals surface area (Å²) in [4.78, 5) is 17.1. The zero-order valence-corrected chi connectivity index (χ0v) is 8.24. The van der Waals surface area contributed by atoms with E-state index in [0.29, 0.717) is 6.42 Å². The van der Waals surface area contributed by atoms with Crippen molar-refractivity contribution in [3.05, 3.63) is 23.9 Å². The molecule has 0 bridgehead atoms. The van der Waals surface area contributed by atoms with Gasteiger partial charge in [0.1, 0.15) is 11.6 Å². The van der Waals surface area contributed by atoms with Crippen LogP contribution < -0.4 is 4.90 Å². The molecule has 0 atom stereocenters. The largest absolute Gasteiger partial charge is 0.363 e. The van der Waals surface area contributed by atoms with Crippen LogP contribution in [0.4, 0.5) is 5.82 Å². The third-order valence-corrected chi connectivity index (χ3v) is 1.73. The quantitative estimate of drug-likeness (QED) is 0.699. The molecule has 0 N–H and O–H groups in total. The van der Waals surface area contributed by atoms with Crippen LogP contribution in [0.3, 0.4) is 0 Å². The van der Waals surface area contributed by atoms with Gasteiger partial charge in [0.15, 0.2) is 0 Å². The lowest BCUT2D eigenvalue weighted by Crippen LogP contribution is -2.14. The number of carbonyl (C=O) groups is 1. The van der Waals surface area contributed by atoms with E-state index in [-0.39, 0.29) is 5.78 Å². The molecule has 13 heavy (non-hydrogen) atoms. The summed E-state index contributed by atoms with van der Waals surface area (Å²) < 4.78 is 0. The summed E-state index contributed by atoms with van der Waals surface area (Å²) in [6.45, 7) is 1.59. The third kappa shape index (κ3) is 2.54. The Bertz CT molecular complexity index is 308. The van der Waals surface area contributed by atoms with Gasteiger partial charge in [-0.2, -0.15) is 0 Å². The van der Waals surface area contributed by atoms with E-state index in [2.05, 4.69) is 4.98 Å². The summed E-state index contributed by atoms with van der Waals surface area (Å²) in [6.07, 6.45) is 2.19. The molecule has 0 fully saturated rings. The van der Waals surface area contributed by atoms with E-state index in [4.69, 9.17) is 0 Å². The molecule has 1 heterocycles. The Morgan fingerprint density at radius 1 is 1.54 bits per heavy atom. The van der Waals surface area contributed by atoms with Crippen molar-refractivity contribution in [1.82, 2.24) is 4.98 Å². The van der Waals surface area contributed by atoms with Gasteiger partial charge in [0.05, 0.1) is 0 Å². The fraction of sp³-hybridized carbons (Fsp3) is 0.400. The Morgan fingerprint density at radius 2 is 2.23 bits per heavy atom. The van der Waals surface area contributed by atoms with Gasteiger partial charge in [0.25, 0.3) is 0 Å². The Balaban J connectivity index is 2.97. The summed E-state index contributed by atoms with van der Waals surface area (Å²) in [5, 5.41) is 0. The smallest absolute Gasteiger partial charge is 0.134 e. The van der Waals surface area contributed by atoms with Gasteiger partial charge < -0.3 is 4.90 Å². The molecular formula is C10H14N2O. The molecule has 0 aliphatic heterocycles. The monoisotopic (exact) mass is 178 g/mol. The first kappa shape index (κ1) is 9.71. The minimum Gasteiger partial charge on any atom is -0.363 e. The molecule has 3 heteroatoms. The lowest BCUT2D eigenvalue weighted by atomic mass is 10.1. The Morgan fingerprint density at radius 3 is 2.77 bits per heavy atom. The van der Waals surface area contributed by atoms with Crippen LogP contribution >= 0.6 is 0 Å². The van der Waals surface area contributed by atoms with Crippen LogP contribution in [0.1, 0.15) is 12.5 Å². The molecule has 0 spiro atoms. The van der Waals surface area contributed by atoms with E-state index in [1.165, 1.54) is 0 Å². The van der Waals surface area contributed by atoms with Gasteiger partial charge in [0, 0.05) is 32.3 Å². The highest BCUT2D eigenvalue weighted by Gasteiger charge is 2.06. The maximum atomic E-state index is 10.9. The van der Waals surface area contributed by atoms with Crippen molar-refractivity contribution in [2.75, 3.05) is 19.0 Å². The van der Waals surface area contributed by atoms with E-state index in [0.717, 1.165) is 11.4 Å². The summed E-state index contributed by atoms with van der Waals surface area (Å²) in [7, 11) is 3.85. The Labute approximate surface area is 78.4 Å². The number of aromatic nitrogens is 1. The van der Waals surface area contributed by atoms with E-state index in [1.54, 1.807) is 13.1 Å². The Hall–Kier alpha value is -1.38. The number of carbonyl (C=O) groups excluding carboxylic acids is 1. The first-order valence-electron chi connectivity index (χ1n) is 4.22. The maximum Gasteiger partial charge on any atom is 0.134 e. The molecule has 0 saturated heterocycles. The molecule has 1 aromatic heterocycles. The number of anilines is 1. The second-order valence-corrected chi connectivity index (χ2v) is 3.26. The van der Waals surface area contributed by atoms with Crippen molar-refractivity contribution < 1.29 is 4.79 Å². The molecule has 1 rings (SSSR count). The molecule has 0 aliphatic carbocycles. The first-order valence-corrected chi connectivity index (χ1v) is 4.22. The number of hydrogen-bond acceptors (Lipinski definition) is 3. The molecule has 0 aliphatic rings. The minimum absolute atomic E-state index is 0.163. The van der Waals surface area contributed by atoms with Crippen molar-refractivity contribution in [1.29, 1.82) is 0 Å². The van der Waals surface area contributed by atoms with Gasteiger partial charge in [-0.15, -0.1) is 0 Å². The number of nitrogens with zero attached hydrogens (tertiary/aromatic N) is 2. The van der Waals surface area contributed by atoms with Crippen molar-refractivity contribution >= 4 is 11.6 Å². The van der Waals surface area contributed by atoms with E-state index < -0.39 is 0 Å². The number of Topliss-reactive ketones (excluding diaryl/α,β-unsaturated/α-hetero) is 1. The van der Waals surface area contributed by atoms with Crippen molar-refractivity contribution in [3.63, 3.8) is 0 Å². The van der Waals surface area contributed by atoms with E-state index >= 15 is 0 Å². The average Bonchev–Trinajstić information content (AvgIpc) is 2.03. The van der Waals surface area contributed by atoms with Crippen molar-refractivity contribution in [2.45, 2.75) is 13.3 Å². The third-order valence-electron chi connectivity index (χ3n) is 1.73. The summed E-state index contributed by atoms with van der Waals surface area (Å²) in [5.41, 5.74) is 0.986. The predicted molar refractivity (Wildman–Crippen MR) is 52.9 cm³/mol. The second kappa shape index (κ2) is 4.03. The van der Waals surface area contributed by atoms with Crippen LogP contribution in [0, 0.1) is 0 Å². The molecule has 0 aromatic carbocycles. The normalized spacial score (nSPS) is 9.77. The summed E-state index contributed by atoms with van der Waals surface area (Å²) in [6, 6.07) is 3.79.